The molecule has 1 aliphatic rings. The van der Waals surface area contributed by atoms with E-state index in [1.807, 2.05) is 18.2 Å². The Morgan fingerprint density at radius 1 is 1.10 bits per heavy atom. The number of benzene rings is 2. The molecule has 5 heteroatoms. The van der Waals surface area contributed by atoms with Crippen LogP contribution in [0.25, 0.3) is 0 Å². The molecule has 0 saturated heterocycles. The molecule has 2 N–H and O–H groups in total. The highest BCUT2D eigenvalue weighted by atomic mass is 32.2. The van der Waals surface area contributed by atoms with Crippen molar-refractivity contribution in [2.45, 2.75) is 23.1 Å². The Balaban J connectivity index is 1.88. The lowest BCUT2D eigenvalue weighted by Crippen LogP contribution is -1.97. The van der Waals surface area contributed by atoms with E-state index in [1.165, 1.54) is 17.8 Å². The van der Waals surface area contributed by atoms with Crippen LogP contribution in [0, 0.1) is 12.7 Å². The van der Waals surface area contributed by atoms with Crippen molar-refractivity contribution in [2.24, 2.45) is 0 Å². The number of fused-ring (bicyclic) bond motifs is 1. The van der Waals surface area contributed by atoms with Crippen LogP contribution in [0.5, 0.6) is 11.5 Å². The molecule has 1 aliphatic heterocycles. The fourth-order valence-corrected chi connectivity index (χ4v) is 3.06. The molecule has 0 atom stereocenters. The number of rotatable bonds is 2. The molecule has 0 fully saturated rings. The van der Waals surface area contributed by atoms with Crippen molar-refractivity contribution in [3.63, 3.8) is 0 Å². The van der Waals surface area contributed by atoms with Gasteiger partial charge in [-0.15, -0.1) is 0 Å². The zero-order valence-corrected chi connectivity index (χ0v) is 12.5. The van der Waals surface area contributed by atoms with Crippen molar-refractivity contribution < 1.29 is 13.9 Å². The summed E-state index contributed by atoms with van der Waals surface area (Å²) in [5.41, 5.74) is 6.91. The summed E-state index contributed by atoms with van der Waals surface area (Å²) in [5, 5.41) is 0. The van der Waals surface area contributed by atoms with E-state index in [1.54, 1.807) is 13.0 Å². The lowest BCUT2D eigenvalue weighted by molar-refractivity contribution is 0.297. The van der Waals surface area contributed by atoms with Crippen molar-refractivity contribution in [1.29, 1.82) is 0 Å². The fraction of sp³-hybridized carbons (Fsp3) is 0.250. The Bertz CT molecular complexity index is 676. The number of anilines is 1. The minimum absolute atomic E-state index is 0.282. The number of aryl methyl sites for hydroxylation is 1. The van der Waals surface area contributed by atoms with Crippen LogP contribution in [0.3, 0.4) is 0 Å². The summed E-state index contributed by atoms with van der Waals surface area (Å²) < 4.78 is 24.7. The van der Waals surface area contributed by atoms with E-state index < -0.39 is 0 Å². The van der Waals surface area contributed by atoms with Gasteiger partial charge in [0.05, 0.1) is 13.2 Å². The number of hydrogen-bond donors (Lipinski definition) is 1. The molecule has 2 aromatic rings. The molecule has 0 radical (unpaired) electrons. The van der Waals surface area contributed by atoms with Gasteiger partial charge >= 0.3 is 0 Å². The third-order valence-electron chi connectivity index (χ3n) is 3.24. The van der Waals surface area contributed by atoms with Gasteiger partial charge in [0.15, 0.2) is 11.5 Å². The molecule has 110 valence electrons. The maximum Gasteiger partial charge on any atom is 0.162 e. The van der Waals surface area contributed by atoms with E-state index in [0.29, 0.717) is 24.5 Å². The van der Waals surface area contributed by atoms with Crippen LogP contribution in [0.1, 0.15) is 12.0 Å². The van der Waals surface area contributed by atoms with E-state index in [9.17, 15) is 4.39 Å². The van der Waals surface area contributed by atoms with E-state index >= 15 is 0 Å². The second-order valence-electron chi connectivity index (χ2n) is 4.90. The van der Waals surface area contributed by atoms with Gasteiger partial charge in [0.25, 0.3) is 0 Å². The van der Waals surface area contributed by atoms with Crippen LogP contribution >= 0.6 is 11.8 Å². The third-order valence-corrected chi connectivity index (χ3v) is 4.30. The topological polar surface area (TPSA) is 44.5 Å². The quantitative estimate of drug-likeness (QED) is 0.851. The molecule has 0 aromatic heterocycles. The molecule has 1 heterocycles. The van der Waals surface area contributed by atoms with Gasteiger partial charge in [0, 0.05) is 21.9 Å². The summed E-state index contributed by atoms with van der Waals surface area (Å²) in [6.45, 7) is 3.05. The highest BCUT2D eigenvalue weighted by Gasteiger charge is 2.12. The zero-order valence-electron chi connectivity index (χ0n) is 11.7. The third kappa shape index (κ3) is 3.08. The zero-order chi connectivity index (χ0) is 14.8. The number of halogens is 1. The van der Waals surface area contributed by atoms with Crippen LogP contribution in [-0.2, 0) is 0 Å². The first-order valence-electron chi connectivity index (χ1n) is 6.76. The van der Waals surface area contributed by atoms with Crippen LogP contribution < -0.4 is 15.2 Å². The Hall–Kier alpha value is -1.88. The standard InChI is InChI=1S/C16H16FNO2S/c1-10-7-16(13(18)9-12(10)17)21-11-3-4-14-15(8-11)20-6-2-5-19-14/h3-4,7-9H,2,5-6,18H2,1H3. The predicted octanol–water partition coefficient (Wildman–Crippen LogP) is 4.03. The SMILES string of the molecule is Cc1cc(Sc2ccc3c(c2)OCCCO3)c(N)cc1F. The minimum Gasteiger partial charge on any atom is -0.490 e. The molecule has 2 aromatic carbocycles. The smallest absolute Gasteiger partial charge is 0.162 e. The molecule has 21 heavy (non-hydrogen) atoms. The summed E-state index contributed by atoms with van der Waals surface area (Å²) >= 11 is 1.49. The molecule has 0 aliphatic carbocycles. The first kappa shape index (κ1) is 14.1. The fourth-order valence-electron chi connectivity index (χ4n) is 2.09. The molecular weight excluding hydrogens is 289 g/mol. The summed E-state index contributed by atoms with van der Waals surface area (Å²) in [5.74, 6) is 1.23. The largest absolute Gasteiger partial charge is 0.490 e. The number of nitrogens with two attached hydrogens (primary N) is 1. The summed E-state index contributed by atoms with van der Waals surface area (Å²) in [6.07, 6.45) is 0.876. The average Bonchev–Trinajstić information content (AvgIpc) is 2.69. The maximum atomic E-state index is 13.4. The molecule has 0 amide bonds. The van der Waals surface area contributed by atoms with Gasteiger partial charge in [-0.3, -0.25) is 0 Å². The Labute approximate surface area is 127 Å². The van der Waals surface area contributed by atoms with E-state index in [0.717, 1.165) is 27.7 Å². The molecule has 0 bridgehead atoms. The molecule has 0 unspecified atom stereocenters. The van der Waals surface area contributed by atoms with Crippen molar-refractivity contribution >= 4 is 17.4 Å². The van der Waals surface area contributed by atoms with Crippen molar-refractivity contribution in [1.82, 2.24) is 0 Å². The molecule has 3 nitrogen and oxygen atoms in total. The van der Waals surface area contributed by atoms with Gasteiger partial charge in [0.1, 0.15) is 5.82 Å². The van der Waals surface area contributed by atoms with Crippen LogP contribution in [0.15, 0.2) is 40.1 Å². The van der Waals surface area contributed by atoms with Crippen LogP contribution in [-0.4, -0.2) is 13.2 Å². The van der Waals surface area contributed by atoms with Gasteiger partial charge in [-0.1, -0.05) is 11.8 Å². The highest BCUT2D eigenvalue weighted by molar-refractivity contribution is 7.99. The normalized spacial score (nSPS) is 13.8. The van der Waals surface area contributed by atoms with Crippen LogP contribution in [0.4, 0.5) is 10.1 Å². The number of ether oxygens (including phenoxy) is 2. The summed E-state index contributed by atoms with van der Waals surface area (Å²) in [6, 6.07) is 8.91. The molecule has 0 saturated carbocycles. The molecule has 3 rings (SSSR count). The number of nitrogen functional groups attached to an aromatic ring is 1. The minimum atomic E-state index is -0.282. The second kappa shape index (κ2) is 5.85. The van der Waals surface area contributed by atoms with E-state index in [4.69, 9.17) is 15.2 Å². The van der Waals surface area contributed by atoms with Gasteiger partial charge in [-0.25, -0.2) is 4.39 Å². The lowest BCUT2D eigenvalue weighted by atomic mass is 10.2. The Kier molecular flexibility index (Phi) is 3.92. The van der Waals surface area contributed by atoms with Crippen molar-refractivity contribution in [3.8, 4) is 11.5 Å². The number of hydrogen-bond acceptors (Lipinski definition) is 4. The van der Waals surface area contributed by atoms with Gasteiger partial charge in [0.2, 0.25) is 0 Å². The maximum absolute atomic E-state index is 13.4. The van der Waals surface area contributed by atoms with Crippen molar-refractivity contribution in [2.75, 3.05) is 18.9 Å². The predicted molar refractivity (Wildman–Crippen MR) is 81.7 cm³/mol. The molecule has 0 spiro atoms. The summed E-state index contributed by atoms with van der Waals surface area (Å²) in [7, 11) is 0. The monoisotopic (exact) mass is 305 g/mol. The molecular formula is C16H16FNO2S. The van der Waals surface area contributed by atoms with Gasteiger partial charge < -0.3 is 15.2 Å². The van der Waals surface area contributed by atoms with E-state index in [2.05, 4.69) is 0 Å². The Morgan fingerprint density at radius 3 is 2.67 bits per heavy atom. The van der Waals surface area contributed by atoms with Crippen LogP contribution in [0.2, 0.25) is 0 Å². The Morgan fingerprint density at radius 2 is 1.86 bits per heavy atom. The highest BCUT2D eigenvalue weighted by Crippen LogP contribution is 2.38. The van der Waals surface area contributed by atoms with Crippen molar-refractivity contribution in [3.05, 3.63) is 41.7 Å². The van der Waals surface area contributed by atoms with Gasteiger partial charge in [-0.05, 0) is 42.8 Å². The van der Waals surface area contributed by atoms with E-state index in [-0.39, 0.29) is 5.82 Å². The van der Waals surface area contributed by atoms with Gasteiger partial charge in [-0.2, -0.15) is 0 Å². The lowest BCUT2D eigenvalue weighted by Gasteiger charge is -2.11. The summed E-state index contributed by atoms with van der Waals surface area (Å²) in [4.78, 5) is 1.82. The first-order valence-corrected chi connectivity index (χ1v) is 7.58. The first-order chi connectivity index (χ1) is 10.1. The second-order valence-corrected chi connectivity index (χ2v) is 6.02. The average molecular weight is 305 g/mol.